The van der Waals surface area contributed by atoms with Gasteiger partial charge in [-0.05, 0) is 43.9 Å². The summed E-state index contributed by atoms with van der Waals surface area (Å²) in [6, 6.07) is 4.72. The predicted molar refractivity (Wildman–Crippen MR) is 151 cm³/mol. The Morgan fingerprint density at radius 2 is 1.76 bits per heavy atom. The molecular formula is C30H39N3O4S. The van der Waals surface area contributed by atoms with Crippen LogP contribution in [-0.2, 0) is 14.4 Å². The summed E-state index contributed by atoms with van der Waals surface area (Å²) in [5.41, 5.74) is 2.86. The fraction of sp³-hybridized carbons (Fsp3) is 0.567. The van der Waals surface area contributed by atoms with E-state index < -0.39 is 33.4 Å². The zero-order chi connectivity index (χ0) is 27.6. The van der Waals surface area contributed by atoms with Gasteiger partial charge in [0, 0.05) is 30.6 Å². The van der Waals surface area contributed by atoms with Crippen LogP contribution in [0.1, 0.15) is 38.3 Å². The van der Waals surface area contributed by atoms with Gasteiger partial charge in [-0.15, -0.1) is 11.8 Å². The average Bonchev–Trinajstić information content (AvgIpc) is 3.16. The second-order valence-electron chi connectivity index (χ2n) is 11.6. The molecule has 2 fully saturated rings. The minimum absolute atomic E-state index is 0.0159. The van der Waals surface area contributed by atoms with Crippen LogP contribution in [0.3, 0.4) is 0 Å². The van der Waals surface area contributed by atoms with Crippen LogP contribution < -0.4 is 4.90 Å². The van der Waals surface area contributed by atoms with E-state index in [4.69, 9.17) is 0 Å². The first-order valence-corrected chi connectivity index (χ1v) is 14.4. The smallest absolute Gasteiger partial charge is 0.251 e. The number of nitrogens with zero attached hydrogens (tertiary/aromatic N) is 3. The molecule has 0 aromatic heterocycles. The van der Waals surface area contributed by atoms with E-state index in [1.165, 1.54) is 0 Å². The van der Waals surface area contributed by atoms with E-state index in [1.807, 2.05) is 71.0 Å². The number of likely N-dealkylation sites (N-methyl/N-ethyl adjacent to an activating group) is 1. The number of likely N-dealkylation sites (tertiary alicyclic amines) is 1. The molecule has 2 saturated heterocycles. The molecule has 0 aliphatic carbocycles. The molecule has 4 aliphatic rings. The lowest BCUT2D eigenvalue weighted by molar-refractivity contribution is -0.145. The van der Waals surface area contributed by atoms with Gasteiger partial charge in [0.15, 0.2) is 0 Å². The Morgan fingerprint density at radius 1 is 1.05 bits per heavy atom. The van der Waals surface area contributed by atoms with Gasteiger partial charge in [-0.25, -0.2) is 0 Å². The van der Waals surface area contributed by atoms with Crippen LogP contribution in [-0.4, -0.2) is 80.9 Å². The molecule has 7 nitrogen and oxygen atoms in total. The van der Waals surface area contributed by atoms with Crippen LogP contribution in [0.15, 0.2) is 42.5 Å². The van der Waals surface area contributed by atoms with Crippen molar-refractivity contribution in [3.8, 4) is 0 Å². The number of amides is 3. The van der Waals surface area contributed by atoms with E-state index in [1.54, 1.807) is 33.5 Å². The van der Waals surface area contributed by atoms with Crippen LogP contribution in [0.25, 0.3) is 0 Å². The molecule has 5 rings (SSSR count). The molecule has 38 heavy (non-hydrogen) atoms. The van der Waals surface area contributed by atoms with Crippen molar-refractivity contribution in [2.24, 2.45) is 17.8 Å². The number of aliphatic hydroxyl groups excluding tert-OH is 1. The van der Waals surface area contributed by atoms with Gasteiger partial charge in [0.05, 0.1) is 29.2 Å². The van der Waals surface area contributed by atoms with Crippen molar-refractivity contribution >= 4 is 35.2 Å². The van der Waals surface area contributed by atoms with Gasteiger partial charge in [-0.2, -0.15) is 0 Å². The van der Waals surface area contributed by atoms with E-state index in [9.17, 15) is 19.5 Å². The number of carbonyl (C=O) groups is 3. The first-order chi connectivity index (χ1) is 18.0. The Balaban J connectivity index is 1.72. The highest BCUT2D eigenvalue weighted by atomic mass is 32.2. The number of rotatable bonds is 5. The number of aryl methyl sites for hydroxylation is 2. The molecule has 0 radical (unpaired) electrons. The number of carbonyl (C=O) groups excluding carboxylic acids is 3. The quantitative estimate of drug-likeness (QED) is 0.583. The maximum Gasteiger partial charge on any atom is 0.251 e. The monoisotopic (exact) mass is 537 g/mol. The van der Waals surface area contributed by atoms with Crippen molar-refractivity contribution in [1.82, 2.24) is 9.80 Å². The number of thioether (sulfide) groups is 1. The van der Waals surface area contributed by atoms with Crippen molar-refractivity contribution in [3.05, 3.63) is 53.6 Å². The lowest BCUT2D eigenvalue weighted by atomic mass is 9.74. The van der Waals surface area contributed by atoms with Crippen molar-refractivity contribution in [3.63, 3.8) is 0 Å². The Morgan fingerprint density at radius 3 is 2.45 bits per heavy atom. The summed E-state index contributed by atoms with van der Waals surface area (Å²) in [6.07, 6.45) is 8.86. The van der Waals surface area contributed by atoms with Crippen LogP contribution in [0.5, 0.6) is 0 Å². The van der Waals surface area contributed by atoms with Crippen molar-refractivity contribution < 1.29 is 19.5 Å². The van der Waals surface area contributed by atoms with Crippen LogP contribution >= 0.6 is 11.8 Å². The number of aliphatic hydroxyl groups is 1. The van der Waals surface area contributed by atoms with E-state index >= 15 is 0 Å². The summed E-state index contributed by atoms with van der Waals surface area (Å²) in [5, 5.41) is 10.6. The summed E-state index contributed by atoms with van der Waals surface area (Å²) < 4.78 is -1.55. The fourth-order valence-electron chi connectivity index (χ4n) is 6.98. The Labute approximate surface area is 229 Å². The minimum Gasteiger partial charge on any atom is -0.394 e. The summed E-state index contributed by atoms with van der Waals surface area (Å²) in [7, 11) is 1.77. The van der Waals surface area contributed by atoms with Gasteiger partial charge in [-0.1, -0.05) is 56.7 Å². The summed E-state index contributed by atoms with van der Waals surface area (Å²) in [4.78, 5) is 48.2. The molecule has 7 atom stereocenters. The number of hydrogen-bond donors (Lipinski definition) is 1. The number of fused-ring (bicyclic) bond motifs is 2. The van der Waals surface area contributed by atoms with Crippen molar-refractivity contribution in [2.75, 3.05) is 31.6 Å². The second-order valence-corrected chi connectivity index (χ2v) is 13.4. The third-order valence-electron chi connectivity index (χ3n) is 9.20. The molecule has 4 heterocycles. The SMILES string of the molecule is CC[C@H](C)[C@H](CO)N1C(=O)[C@@H]2[C@@H]3C(=O)N(C)CC=C[C@]3(C)S[C@@]23C=CCN(c2cc(C)ccc2C)C(=O)C13. The summed E-state index contributed by atoms with van der Waals surface area (Å²) >= 11 is 1.58. The third-order valence-corrected chi connectivity index (χ3v) is 11.0. The number of hydrogen-bond acceptors (Lipinski definition) is 5. The molecule has 0 saturated carbocycles. The highest BCUT2D eigenvalue weighted by molar-refractivity contribution is 8.02. The molecule has 1 N–H and O–H groups in total. The molecular weight excluding hydrogens is 498 g/mol. The average molecular weight is 538 g/mol. The maximum atomic E-state index is 14.7. The predicted octanol–water partition coefficient (Wildman–Crippen LogP) is 3.33. The fourth-order valence-corrected chi connectivity index (χ4v) is 9.12. The molecule has 4 aliphatic heterocycles. The van der Waals surface area contributed by atoms with E-state index in [-0.39, 0.29) is 30.2 Å². The molecule has 1 aromatic carbocycles. The Bertz CT molecular complexity index is 1230. The molecule has 0 bridgehead atoms. The topological polar surface area (TPSA) is 81.2 Å². The highest BCUT2D eigenvalue weighted by Gasteiger charge is 2.74. The van der Waals surface area contributed by atoms with Crippen molar-refractivity contribution in [2.45, 2.75) is 62.6 Å². The van der Waals surface area contributed by atoms with E-state index in [0.717, 1.165) is 23.2 Å². The van der Waals surface area contributed by atoms with E-state index in [2.05, 4.69) is 6.08 Å². The highest BCUT2D eigenvalue weighted by Crippen LogP contribution is 2.66. The van der Waals surface area contributed by atoms with Crippen LogP contribution in [0.4, 0.5) is 5.69 Å². The molecule has 3 amide bonds. The largest absolute Gasteiger partial charge is 0.394 e. The van der Waals surface area contributed by atoms with Gasteiger partial charge in [0.2, 0.25) is 11.8 Å². The zero-order valence-electron chi connectivity index (χ0n) is 23.2. The first-order valence-electron chi connectivity index (χ1n) is 13.6. The molecule has 1 unspecified atom stereocenters. The standard InChI is InChI=1S/C30H39N3O4S/c1-7-19(3)22(17-34)33-25-28(37)32(21-16-18(2)10-11-20(21)4)15-9-13-30(25)24(27(33)36)23-26(35)31(6)14-8-12-29(23,5)38-30/h8-13,16,19,22-25,34H,7,14-15,17H2,1-6H3/t19-,22-,23+,24-,25?,29-,30-/m0/s1. The molecule has 8 heteroatoms. The van der Waals surface area contributed by atoms with Gasteiger partial charge in [0.25, 0.3) is 5.91 Å². The molecule has 1 aromatic rings. The lowest BCUT2D eigenvalue weighted by Crippen LogP contribution is -2.58. The first kappa shape index (κ1) is 27.0. The van der Waals surface area contributed by atoms with E-state index in [0.29, 0.717) is 13.1 Å². The van der Waals surface area contributed by atoms with Crippen LogP contribution in [0.2, 0.25) is 0 Å². The number of anilines is 1. The summed E-state index contributed by atoms with van der Waals surface area (Å²) in [6.45, 7) is 10.7. The van der Waals surface area contributed by atoms with Crippen molar-refractivity contribution in [1.29, 1.82) is 0 Å². The normalized spacial score (nSPS) is 34.1. The van der Waals surface area contributed by atoms with Gasteiger partial charge >= 0.3 is 0 Å². The van der Waals surface area contributed by atoms with Crippen LogP contribution in [0, 0.1) is 31.6 Å². The third kappa shape index (κ3) is 3.78. The maximum absolute atomic E-state index is 14.7. The second kappa shape index (κ2) is 9.56. The Hall–Kier alpha value is -2.58. The number of benzene rings is 1. The molecule has 1 spiro atoms. The lowest BCUT2D eigenvalue weighted by Gasteiger charge is -2.41. The molecule has 204 valence electrons. The Kier molecular flexibility index (Phi) is 6.79. The zero-order valence-corrected chi connectivity index (χ0v) is 24.0. The van der Waals surface area contributed by atoms with Gasteiger partial charge < -0.3 is 19.8 Å². The van der Waals surface area contributed by atoms with Gasteiger partial charge in [-0.3, -0.25) is 14.4 Å². The minimum atomic E-state index is -0.918. The van der Waals surface area contributed by atoms with Gasteiger partial charge in [0.1, 0.15) is 6.04 Å². The summed E-state index contributed by atoms with van der Waals surface area (Å²) in [5.74, 6) is -1.74.